The Morgan fingerprint density at radius 2 is 2.12 bits per heavy atom. The second kappa shape index (κ2) is 3.94. The first kappa shape index (κ1) is 9.90. The average Bonchev–Trinajstić information content (AvgIpc) is 2.59. The Bertz CT molecular complexity index is 647. The number of allylic oxidation sites excluding steroid dienone is 4. The van der Waals surface area contributed by atoms with Crippen LogP contribution in [0.2, 0.25) is 0 Å². The van der Waals surface area contributed by atoms with Crippen LogP contribution in [0, 0.1) is 6.92 Å². The third-order valence-corrected chi connectivity index (χ3v) is 2.78. The molecule has 0 aliphatic carbocycles. The van der Waals surface area contributed by atoms with E-state index in [0.717, 1.165) is 27.9 Å². The first-order chi connectivity index (χ1) is 8.36. The van der Waals surface area contributed by atoms with E-state index in [0.29, 0.717) is 0 Å². The highest BCUT2D eigenvalue weighted by molar-refractivity contribution is 5.92. The number of hydrogen-bond acceptors (Lipinski definition) is 3. The minimum absolute atomic E-state index is 0.819. The molecule has 0 saturated heterocycles. The van der Waals surface area contributed by atoms with Crippen LogP contribution in [0.15, 0.2) is 53.2 Å². The van der Waals surface area contributed by atoms with Gasteiger partial charge in [-0.25, -0.2) is 0 Å². The molecule has 0 saturated carbocycles. The summed E-state index contributed by atoms with van der Waals surface area (Å²) in [5.41, 5.74) is 3.89. The maximum Gasteiger partial charge on any atom is 0.167 e. The molecule has 3 nitrogen and oxygen atoms in total. The van der Waals surface area contributed by atoms with Gasteiger partial charge in [0.2, 0.25) is 0 Å². The van der Waals surface area contributed by atoms with Crippen LogP contribution in [-0.2, 0) is 0 Å². The highest BCUT2D eigenvalue weighted by atomic mass is 16.5. The van der Waals surface area contributed by atoms with Crippen molar-refractivity contribution in [3.63, 3.8) is 0 Å². The largest absolute Gasteiger partial charge is 0.361 e. The maximum absolute atomic E-state index is 5.27. The molecule has 0 bridgehead atoms. The summed E-state index contributed by atoms with van der Waals surface area (Å²) in [5.74, 6) is 0. The second-order valence-electron chi connectivity index (χ2n) is 3.92. The van der Waals surface area contributed by atoms with Crippen molar-refractivity contribution in [2.45, 2.75) is 6.92 Å². The van der Waals surface area contributed by atoms with Crippen LogP contribution in [0.4, 0.5) is 0 Å². The molecule has 1 N–H and O–H groups in total. The van der Waals surface area contributed by atoms with Gasteiger partial charge in [0, 0.05) is 17.5 Å². The summed E-state index contributed by atoms with van der Waals surface area (Å²) in [7, 11) is 0. The average molecular weight is 224 g/mol. The van der Waals surface area contributed by atoms with Crippen LogP contribution in [0.1, 0.15) is 11.3 Å². The molecular formula is C14H12N2O. The zero-order valence-electron chi connectivity index (χ0n) is 9.47. The lowest BCUT2D eigenvalue weighted by atomic mass is 10.1. The topological polar surface area (TPSA) is 38.1 Å². The molecule has 1 aromatic carbocycles. The first-order valence-electron chi connectivity index (χ1n) is 5.52. The maximum atomic E-state index is 5.27. The Kier molecular flexibility index (Phi) is 2.29. The highest BCUT2D eigenvalue weighted by Crippen LogP contribution is 2.27. The van der Waals surface area contributed by atoms with E-state index < -0.39 is 0 Å². The minimum Gasteiger partial charge on any atom is -0.361 e. The van der Waals surface area contributed by atoms with Gasteiger partial charge in [-0.2, -0.15) is 0 Å². The fourth-order valence-corrected chi connectivity index (χ4v) is 1.99. The number of nitrogens with one attached hydrogen (secondary N) is 1. The number of aromatic nitrogens is 1. The number of nitrogens with zero attached hydrogens (tertiary/aromatic N) is 1. The summed E-state index contributed by atoms with van der Waals surface area (Å²) in [6.07, 6.45) is 9.91. The normalized spacial score (nSPS) is 14.5. The fourth-order valence-electron chi connectivity index (χ4n) is 1.99. The van der Waals surface area contributed by atoms with Gasteiger partial charge in [-0.3, -0.25) is 0 Å². The molecule has 1 aliphatic rings. The zero-order chi connectivity index (χ0) is 11.7. The molecule has 1 aliphatic heterocycles. The smallest absolute Gasteiger partial charge is 0.167 e. The van der Waals surface area contributed by atoms with E-state index >= 15 is 0 Å². The van der Waals surface area contributed by atoms with Gasteiger partial charge in [0.25, 0.3) is 0 Å². The van der Waals surface area contributed by atoms with Crippen molar-refractivity contribution in [3.8, 4) is 0 Å². The van der Waals surface area contributed by atoms with E-state index in [4.69, 9.17) is 4.52 Å². The van der Waals surface area contributed by atoms with Gasteiger partial charge in [-0.15, -0.1) is 0 Å². The Balaban J connectivity index is 2.23. The summed E-state index contributed by atoms with van der Waals surface area (Å²) in [6.45, 7) is 1.96. The molecule has 0 atom stereocenters. The summed E-state index contributed by atoms with van der Waals surface area (Å²) >= 11 is 0. The van der Waals surface area contributed by atoms with E-state index in [1.54, 1.807) is 0 Å². The lowest BCUT2D eigenvalue weighted by Crippen LogP contribution is -2.03. The number of rotatable bonds is 1. The van der Waals surface area contributed by atoms with Gasteiger partial charge in [-0.05, 0) is 25.1 Å². The molecule has 3 heteroatoms. The van der Waals surface area contributed by atoms with Crippen molar-refractivity contribution < 1.29 is 4.52 Å². The van der Waals surface area contributed by atoms with Crippen LogP contribution in [0.5, 0.6) is 0 Å². The lowest BCUT2D eigenvalue weighted by molar-refractivity contribution is 0.450. The molecule has 0 fully saturated rings. The van der Waals surface area contributed by atoms with Gasteiger partial charge in [0.15, 0.2) is 5.58 Å². The summed E-state index contributed by atoms with van der Waals surface area (Å²) in [5, 5.41) is 8.33. The van der Waals surface area contributed by atoms with Gasteiger partial charge < -0.3 is 9.84 Å². The standard InChI is InChI=1S/C14H12N2O/c1-10-14-11(6-5-8-13(14)17-16-10)12-7-3-2-4-9-15-12/h2-9,15H,1H3. The summed E-state index contributed by atoms with van der Waals surface area (Å²) in [6, 6.07) is 5.98. The van der Waals surface area contributed by atoms with Crippen molar-refractivity contribution in [2.24, 2.45) is 0 Å². The van der Waals surface area contributed by atoms with Gasteiger partial charge in [0.05, 0.1) is 11.1 Å². The number of hydrogen-bond donors (Lipinski definition) is 1. The van der Waals surface area contributed by atoms with Crippen molar-refractivity contribution in [2.75, 3.05) is 0 Å². The molecule has 0 amide bonds. The van der Waals surface area contributed by atoms with E-state index in [2.05, 4.69) is 16.5 Å². The number of fused-ring (bicyclic) bond motifs is 1. The number of aryl methyl sites for hydroxylation is 1. The van der Waals surface area contributed by atoms with Crippen LogP contribution >= 0.6 is 0 Å². The fraction of sp³-hybridized carbons (Fsp3) is 0.0714. The molecule has 2 heterocycles. The quantitative estimate of drug-likeness (QED) is 0.808. The Labute approximate surface area is 99.1 Å². The van der Waals surface area contributed by atoms with Crippen LogP contribution < -0.4 is 5.32 Å². The van der Waals surface area contributed by atoms with Crippen molar-refractivity contribution >= 4 is 16.7 Å². The molecule has 0 radical (unpaired) electrons. The van der Waals surface area contributed by atoms with E-state index in [9.17, 15) is 0 Å². The third-order valence-electron chi connectivity index (χ3n) is 2.78. The summed E-state index contributed by atoms with van der Waals surface area (Å²) in [4.78, 5) is 0. The molecular weight excluding hydrogens is 212 g/mol. The summed E-state index contributed by atoms with van der Waals surface area (Å²) < 4.78 is 5.27. The SMILES string of the molecule is Cc1noc2cccc(C3=CC=CC=CN3)c12. The molecule has 2 aromatic rings. The van der Waals surface area contributed by atoms with Crippen molar-refractivity contribution in [1.29, 1.82) is 0 Å². The second-order valence-corrected chi connectivity index (χ2v) is 3.92. The molecule has 84 valence electrons. The molecule has 0 spiro atoms. The number of benzene rings is 1. The first-order valence-corrected chi connectivity index (χ1v) is 5.52. The predicted octanol–water partition coefficient (Wildman–Crippen LogP) is 3.15. The Morgan fingerprint density at radius 3 is 3.06 bits per heavy atom. The van der Waals surface area contributed by atoms with Crippen LogP contribution in [0.3, 0.4) is 0 Å². The van der Waals surface area contributed by atoms with Crippen LogP contribution in [-0.4, -0.2) is 5.16 Å². The Hall–Kier alpha value is -2.29. The van der Waals surface area contributed by atoms with Gasteiger partial charge in [-0.1, -0.05) is 29.4 Å². The van der Waals surface area contributed by atoms with E-state index in [-0.39, 0.29) is 0 Å². The molecule has 3 rings (SSSR count). The monoisotopic (exact) mass is 224 g/mol. The van der Waals surface area contributed by atoms with Gasteiger partial charge >= 0.3 is 0 Å². The third kappa shape index (κ3) is 1.65. The lowest BCUT2D eigenvalue weighted by Gasteiger charge is -2.07. The van der Waals surface area contributed by atoms with Crippen LogP contribution in [0.25, 0.3) is 16.7 Å². The van der Waals surface area contributed by atoms with Crippen molar-refractivity contribution in [3.05, 3.63) is 60.0 Å². The predicted molar refractivity (Wildman–Crippen MR) is 68.1 cm³/mol. The molecule has 17 heavy (non-hydrogen) atoms. The minimum atomic E-state index is 0.819. The van der Waals surface area contributed by atoms with Crippen molar-refractivity contribution in [1.82, 2.24) is 10.5 Å². The highest BCUT2D eigenvalue weighted by Gasteiger charge is 2.11. The Morgan fingerprint density at radius 1 is 1.18 bits per heavy atom. The van der Waals surface area contributed by atoms with E-state index in [1.165, 1.54) is 0 Å². The molecule has 1 aromatic heterocycles. The van der Waals surface area contributed by atoms with E-state index in [1.807, 2.05) is 49.6 Å². The zero-order valence-corrected chi connectivity index (χ0v) is 9.47. The molecule has 0 unspecified atom stereocenters. The van der Waals surface area contributed by atoms with Gasteiger partial charge in [0.1, 0.15) is 0 Å².